The Kier molecular flexibility index (Phi) is 37.9. The first-order chi connectivity index (χ1) is 67.5. The molecule has 0 aliphatic heterocycles. The van der Waals surface area contributed by atoms with Crippen molar-refractivity contribution in [2.75, 3.05) is 51.6 Å². The summed E-state index contributed by atoms with van der Waals surface area (Å²) in [6.45, 7) is 8.05. The molecule has 15 aromatic rings. The summed E-state index contributed by atoms with van der Waals surface area (Å²) in [5, 5.41) is 13.9. The van der Waals surface area contributed by atoms with Crippen LogP contribution in [-0.2, 0) is 71.4 Å². The molecule has 15 rings (SSSR count). The van der Waals surface area contributed by atoms with Crippen molar-refractivity contribution in [2.45, 2.75) is 101 Å². The van der Waals surface area contributed by atoms with Crippen molar-refractivity contribution in [3.05, 3.63) is 383 Å². The maximum Gasteiger partial charge on any atom is 0.418 e. The van der Waals surface area contributed by atoms with E-state index in [2.05, 4.69) is 51.5 Å². The highest BCUT2D eigenvalue weighted by molar-refractivity contribution is 7.93. The lowest BCUT2D eigenvalue weighted by Crippen LogP contribution is -2.27. The molecule has 0 radical (unpaired) electrons. The van der Waals surface area contributed by atoms with Gasteiger partial charge in [-0.2, -0.15) is 26.3 Å². The lowest BCUT2D eigenvalue weighted by molar-refractivity contribution is -0.138. The molecule has 5 amide bonds. The molecule has 5 heterocycles. The zero-order valence-corrected chi connectivity index (χ0v) is 83.9. The van der Waals surface area contributed by atoms with Gasteiger partial charge in [-0.05, 0) is 277 Å². The first kappa shape index (κ1) is 115. The molecule has 10 aromatic carbocycles. The summed E-state index contributed by atoms with van der Waals surface area (Å²) in [5.41, 5.74) is 6.11. The van der Waals surface area contributed by atoms with Crippen LogP contribution in [0.25, 0.3) is 56.3 Å². The van der Waals surface area contributed by atoms with Crippen LogP contribution in [0.3, 0.4) is 0 Å². The summed E-state index contributed by atoms with van der Waals surface area (Å²) in [4.78, 5) is 83.3. The van der Waals surface area contributed by atoms with E-state index in [0.29, 0.717) is 77.8 Å². The SMILES string of the molecule is C.C.CC(C)(C)S(=O)(=O)c1ccc(NC(=O)c2ccc(-c3ncccc3S(C)(=O)=O)cc2)cc1.CC(C)S(=O)(=O)c1ccc(NC(=O)c2ccc(-c3ncccc3C(F)(F)F)cc2)cc1.CS(=O)(=O)c1ccc(NC(=O)c2ccc(-c3ncccc3C(F)(F)F)cc2)cc1.CS(=O)(=O)c1ccc(NC(=O)c2ccc(-c3ncccc3Cl)cc2)cc1.CS(=O)(=O)c1ccc(NC(=O)c2ccc(-c3ncccc3Cl)cc2)cc1. The molecule has 0 saturated heterocycles. The van der Waals surface area contributed by atoms with Crippen LogP contribution < -0.4 is 26.6 Å². The Morgan fingerprint density at radius 3 is 0.712 bits per heavy atom. The predicted octanol–water partition coefficient (Wildman–Crippen LogP) is 23.0. The van der Waals surface area contributed by atoms with Crippen molar-refractivity contribution in [1.29, 1.82) is 0 Å². The van der Waals surface area contributed by atoms with Crippen molar-refractivity contribution in [1.82, 2.24) is 24.9 Å². The molecular weight excluding hydrogens is 2050 g/mol. The fourth-order valence-electron chi connectivity index (χ4n) is 13.2. The van der Waals surface area contributed by atoms with Crippen LogP contribution in [-0.4, -0.2) is 140 Å². The minimum atomic E-state index is -4.55. The highest BCUT2D eigenvalue weighted by Gasteiger charge is 2.37. The van der Waals surface area contributed by atoms with Crippen molar-refractivity contribution in [3.8, 4) is 56.3 Å². The zero-order chi connectivity index (χ0) is 105. The number of hydrogen-bond donors (Lipinski definition) is 5. The third kappa shape index (κ3) is 30.6. The number of carbonyl (C=O) groups is 5. The number of amides is 5. The minimum Gasteiger partial charge on any atom is -0.322 e. The van der Waals surface area contributed by atoms with Crippen LogP contribution in [0.5, 0.6) is 0 Å². The average molecular weight is 2150 g/mol. The molecule has 0 bridgehead atoms. The minimum absolute atomic E-state index is 0. The highest BCUT2D eigenvalue weighted by Crippen LogP contribution is 2.39. The van der Waals surface area contributed by atoms with E-state index >= 15 is 0 Å². The fraction of sp³-hybridized carbons (Fsp3) is 0.143. The number of pyridine rings is 5. The molecule has 41 heteroatoms. The van der Waals surface area contributed by atoms with Gasteiger partial charge in [-0.1, -0.05) is 98.7 Å². The fourth-order valence-corrected chi connectivity index (χ4v) is 18.6. The summed E-state index contributed by atoms with van der Waals surface area (Å²) < 4.78 is 220. The first-order valence-electron chi connectivity index (χ1n) is 42.6. The number of alkyl halides is 6. The van der Waals surface area contributed by atoms with Gasteiger partial charge in [0.05, 0.1) is 89.0 Å². The van der Waals surface area contributed by atoms with E-state index in [9.17, 15) is 101 Å². The van der Waals surface area contributed by atoms with E-state index in [1.54, 1.807) is 174 Å². The Morgan fingerprint density at radius 1 is 0.274 bits per heavy atom. The molecule has 5 N–H and O–H groups in total. The van der Waals surface area contributed by atoms with E-state index in [-0.39, 0.29) is 95.6 Å². The third-order valence-electron chi connectivity index (χ3n) is 20.9. The van der Waals surface area contributed by atoms with E-state index in [1.807, 2.05) is 0 Å². The molecule has 0 aliphatic rings. The van der Waals surface area contributed by atoms with Gasteiger partial charge in [0.15, 0.2) is 59.0 Å². The van der Waals surface area contributed by atoms with Crippen LogP contribution in [0.1, 0.15) is 112 Å². The van der Waals surface area contributed by atoms with Gasteiger partial charge in [0.25, 0.3) is 29.5 Å². The Morgan fingerprint density at radius 2 is 0.486 bits per heavy atom. The zero-order valence-electron chi connectivity index (χ0n) is 77.5. The van der Waals surface area contributed by atoms with Crippen molar-refractivity contribution >= 4 is 140 Å². The highest BCUT2D eigenvalue weighted by atomic mass is 35.5. The lowest BCUT2D eigenvalue weighted by atomic mass is 10.0. The number of nitrogens with one attached hydrogen (secondary N) is 5. The molecular formula is C105H96Cl2F6N10O17S6. The molecule has 5 aromatic heterocycles. The number of sulfone groups is 6. The van der Waals surface area contributed by atoms with E-state index in [4.69, 9.17) is 23.2 Å². The standard InChI is InChI=1S/C23H24N2O5S2.C22H19F3N2O3S.C20H15F3N2O3S.2C19H15ClN2O3S.2CH4/c1-23(2,3)32(29,30)19-13-11-18(12-14-19)25-22(26)17-9-7-16(8-10-17)21-20(31(4,27)28)6-5-15-24-21;1-14(2)31(29,30)18-11-9-17(10-12-18)27-21(28)16-7-5-15(6-8-16)20-19(22(23,24)25)4-3-13-26-20;1-29(27,28)16-10-8-15(9-11-16)25-19(26)14-6-4-13(5-7-14)18-17(20(21,22)23)3-2-12-24-18;2*1-26(24,25)16-10-8-15(9-11-16)22-19(23)14-6-4-13(5-7-14)18-17(20)3-2-12-21-18;;/h5-15H,1-4H3,(H,25,26);3-14H,1-2H3,(H,27,28);2-12H,1H3,(H,25,26);2*2-12H,1H3,(H,22,23);2*1H4. The van der Waals surface area contributed by atoms with Gasteiger partial charge in [0, 0.05) is 140 Å². The number of hydrogen-bond acceptors (Lipinski definition) is 22. The van der Waals surface area contributed by atoms with Crippen molar-refractivity contribution < 1.29 is 101 Å². The van der Waals surface area contributed by atoms with Gasteiger partial charge in [-0.25, -0.2) is 50.5 Å². The van der Waals surface area contributed by atoms with Crippen LogP contribution in [0.15, 0.2) is 364 Å². The molecule has 0 spiro atoms. The molecule has 760 valence electrons. The van der Waals surface area contributed by atoms with Crippen molar-refractivity contribution in [2.24, 2.45) is 0 Å². The summed E-state index contributed by atoms with van der Waals surface area (Å²) >= 11 is 12.3. The molecule has 0 unspecified atom stereocenters. The first-order valence-corrected chi connectivity index (χ1v) is 54.0. The number of benzene rings is 10. The summed E-state index contributed by atoms with van der Waals surface area (Å²) in [7, 11) is -20.2. The predicted molar refractivity (Wildman–Crippen MR) is 556 cm³/mol. The number of anilines is 5. The monoisotopic (exact) mass is 2140 g/mol. The molecule has 27 nitrogen and oxygen atoms in total. The number of aromatic nitrogens is 5. The molecule has 146 heavy (non-hydrogen) atoms. The van der Waals surface area contributed by atoms with Crippen LogP contribution in [0, 0.1) is 0 Å². The smallest absolute Gasteiger partial charge is 0.322 e. The second-order valence-corrected chi connectivity index (χ2v) is 46.9. The Bertz CT molecular complexity index is 7800. The van der Waals surface area contributed by atoms with Gasteiger partial charge in [0.1, 0.15) is 0 Å². The molecule has 0 fully saturated rings. The average Bonchev–Trinajstić information content (AvgIpc) is 0.804. The van der Waals surface area contributed by atoms with E-state index in [1.165, 1.54) is 182 Å². The van der Waals surface area contributed by atoms with Crippen LogP contribution in [0.2, 0.25) is 10.0 Å². The van der Waals surface area contributed by atoms with Gasteiger partial charge in [-0.3, -0.25) is 48.9 Å². The quantitative estimate of drug-likeness (QED) is 0.0393. The Labute approximate surface area is 852 Å². The van der Waals surface area contributed by atoms with Crippen molar-refractivity contribution in [3.63, 3.8) is 0 Å². The van der Waals surface area contributed by atoms with Gasteiger partial charge in [0.2, 0.25) is 0 Å². The van der Waals surface area contributed by atoms with Gasteiger partial charge in [-0.15, -0.1) is 0 Å². The number of rotatable bonds is 22. The van der Waals surface area contributed by atoms with Gasteiger partial charge < -0.3 is 26.6 Å². The maximum atomic E-state index is 13.2. The third-order valence-corrected chi connectivity index (χ3v) is 30.7. The number of nitrogens with zero attached hydrogens (tertiary/aromatic N) is 5. The maximum absolute atomic E-state index is 13.2. The second kappa shape index (κ2) is 48.2. The molecule has 0 atom stereocenters. The largest absolute Gasteiger partial charge is 0.418 e. The molecule has 0 aliphatic carbocycles. The molecule has 0 saturated carbocycles. The van der Waals surface area contributed by atoms with E-state index in [0.717, 1.165) is 48.3 Å². The normalized spacial score (nSPS) is 11.6. The lowest BCUT2D eigenvalue weighted by Gasteiger charge is -2.19. The topological polar surface area (TPSA) is 415 Å². The van der Waals surface area contributed by atoms with Crippen LogP contribution >= 0.6 is 23.2 Å². The Hall–Kier alpha value is -14.8. The summed E-state index contributed by atoms with van der Waals surface area (Å²) in [6.07, 6.45) is 2.73. The second-order valence-electron chi connectivity index (χ2n) is 32.9. The summed E-state index contributed by atoms with van der Waals surface area (Å²) in [6, 6.07) is 75.2. The van der Waals surface area contributed by atoms with Gasteiger partial charge >= 0.3 is 12.4 Å². The van der Waals surface area contributed by atoms with E-state index < -0.39 is 104 Å². The summed E-state index contributed by atoms with van der Waals surface area (Å²) in [5.74, 6) is -1.94. The number of halogens is 8. The number of carbonyl (C=O) groups excluding carboxylic acids is 5. The Balaban J connectivity index is 0.000000203. The van der Waals surface area contributed by atoms with Crippen LogP contribution in [0.4, 0.5) is 54.8 Å².